The minimum atomic E-state index is -0.723. The maximum Gasteiger partial charge on any atom is 0.334 e. The van der Waals surface area contributed by atoms with Crippen molar-refractivity contribution < 1.29 is 9.63 Å². The largest absolute Gasteiger partial charge is 0.334 e. The Morgan fingerprint density at radius 2 is 2.18 bits per heavy atom. The van der Waals surface area contributed by atoms with Crippen LogP contribution in [0.25, 0.3) is 0 Å². The third kappa shape index (κ3) is 5.04. The lowest BCUT2D eigenvalue weighted by atomic mass is 10.5. The van der Waals surface area contributed by atoms with Crippen molar-refractivity contribution in [2.24, 2.45) is 5.16 Å². The summed E-state index contributed by atoms with van der Waals surface area (Å²) in [6.45, 7) is 3.25. The van der Waals surface area contributed by atoms with Crippen LogP contribution >= 0.6 is 23.2 Å². The Labute approximate surface area is 75.3 Å². The van der Waals surface area contributed by atoms with E-state index >= 15 is 0 Å². The molecule has 0 rings (SSSR count). The van der Waals surface area contributed by atoms with Gasteiger partial charge in [0.2, 0.25) is 0 Å². The average Bonchev–Trinajstić information content (AvgIpc) is 1.99. The zero-order valence-corrected chi connectivity index (χ0v) is 7.82. The summed E-state index contributed by atoms with van der Waals surface area (Å²) >= 11 is 10.8. The molecule has 0 radical (unpaired) electrons. The van der Waals surface area contributed by atoms with Crippen LogP contribution in [0.1, 0.15) is 20.3 Å². The molecule has 0 atom stereocenters. The molecule has 0 unspecified atom stereocenters. The second kappa shape index (κ2) is 5.38. The van der Waals surface area contributed by atoms with Crippen LogP contribution in [-0.2, 0) is 9.63 Å². The molecule has 64 valence electrons. The van der Waals surface area contributed by atoms with Crippen LogP contribution in [0.5, 0.6) is 0 Å². The number of carbonyl (C=O) groups is 1. The summed E-state index contributed by atoms with van der Waals surface area (Å²) in [7, 11) is 0. The normalized spacial score (nSPS) is 11.9. The molecule has 0 spiro atoms. The Hall–Kier alpha value is -0.280. The van der Waals surface area contributed by atoms with Gasteiger partial charge in [-0.25, -0.2) is 4.79 Å². The highest BCUT2D eigenvalue weighted by Crippen LogP contribution is 2.04. The molecule has 0 bridgehead atoms. The summed E-state index contributed by atoms with van der Waals surface area (Å²) in [6, 6.07) is 0. The van der Waals surface area contributed by atoms with Crippen LogP contribution < -0.4 is 0 Å². The number of oxime groups is 1. The van der Waals surface area contributed by atoms with Crippen LogP contribution in [0, 0.1) is 0 Å². The van der Waals surface area contributed by atoms with Gasteiger partial charge in [-0.3, -0.25) is 0 Å². The Morgan fingerprint density at radius 1 is 1.64 bits per heavy atom. The van der Waals surface area contributed by atoms with Gasteiger partial charge >= 0.3 is 5.97 Å². The average molecular weight is 198 g/mol. The third-order valence-corrected chi connectivity index (χ3v) is 1.53. The van der Waals surface area contributed by atoms with Crippen LogP contribution in [0.3, 0.4) is 0 Å². The third-order valence-electron chi connectivity index (χ3n) is 0.896. The highest BCUT2D eigenvalue weighted by atomic mass is 35.5. The molecule has 0 fully saturated rings. The van der Waals surface area contributed by atoms with Crippen molar-refractivity contribution in [1.29, 1.82) is 0 Å². The SMILES string of the molecule is CCC(=O)O/N=C(\C)C(Cl)Cl. The van der Waals surface area contributed by atoms with E-state index in [1.54, 1.807) is 13.8 Å². The summed E-state index contributed by atoms with van der Waals surface area (Å²) < 4.78 is 0. The van der Waals surface area contributed by atoms with Gasteiger partial charge in [-0.15, -0.1) is 0 Å². The second-order valence-corrected chi connectivity index (χ2v) is 2.95. The Morgan fingerprint density at radius 3 is 2.55 bits per heavy atom. The zero-order chi connectivity index (χ0) is 8.85. The van der Waals surface area contributed by atoms with Gasteiger partial charge in [0.05, 0.1) is 5.71 Å². The number of rotatable bonds is 3. The van der Waals surface area contributed by atoms with Gasteiger partial charge in [0.1, 0.15) is 4.84 Å². The predicted molar refractivity (Wildman–Crippen MR) is 45.0 cm³/mol. The zero-order valence-electron chi connectivity index (χ0n) is 6.30. The second-order valence-electron chi connectivity index (χ2n) is 1.85. The van der Waals surface area contributed by atoms with Gasteiger partial charge in [0, 0.05) is 6.42 Å². The first-order valence-electron chi connectivity index (χ1n) is 3.10. The van der Waals surface area contributed by atoms with Gasteiger partial charge < -0.3 is 4.84 Å². The van der Waals surface area contributed by atoms with Gasteiger partial charge in [0.15, 0.2) is 0 Å². The minimum absolute atomic E-state index is 0.284. The molecule has 3 nitrogen and oxygen atoms in total. The summed E-state index contributed by atoms with van der Waals surface area (Å²) in [5.41, 5.74) is 0.370. The van der Waals surface area contributed by atoms with Crippen LogP contribution in [-0.4, -0.2) is 16.5 Å². The van der Waals surface area contributed by atoms with Crippen molar-refractivity contribution >= 4 is 34.9 Å². The molecule has 0 heterocycles. The van der Waals surface area contributed by atoms with Crippen molar-refractivity contribution in [1.82, 2.24) is 0 Å². The van der Waals surface area contributed by atoms with Gasteiger partial charge in [-0.05, 0) is 6.92 Å². The van der Waals surface area contributed by atoms with E-state index < -0.39 is 10.8 Å². The number of nitrogens with zero attached hydrogens (tertiary/aromatic N) is 1. The van der Waals surface area contributed by atoms with E-state index in [-0.39, 0.29) is 6.42 Å². The lowest BCUT2D eigenvalue weighted by molar-refractivity contribution is -0.143. The van der Waals surface area contributed by atoms with Crippen molar-refractivity contribution in [3.05, 3.63) is 0 Å². The first-order chi connectivity index (χ1) is 5.07. The Bertz CT molecular complexity index is 168. The fourth-order valence-corrected chi connectivity index (χ4v) is 0.307. The molecular formula is C6H9Cl2NO2. The van der Waals surface area contributed by atoms with Crippen molar-refractivity contribution in [3.8, 4) is 0 Å². The molecule has 11 heavy (non-hydrogen) atoms. The molecule has 5 heteroatoms. The number of hydrogen-bond acceptors (Lipinski definition) is 3. The van der Waals surface area contributed by atoms with Gasteiger partial charge in [-0.2, -0.15) is 0 Å². The lowest BCUT2D eigenvalue weighted by Crippen LogP contribution is -2.05. The summed E-state index contributed by atoms with van der Waals surface area (Å²) in [5.74, 6) is -0.404. The van der Waals surface area contributed by atoms with Crippen molar-refractivity contribution in [3.63, 3.8) is 0 Å². The maximum atomic E-state index is 10.5. The standard InChI is InChI=1S/C6H9Cl2NO2/c1-3-5(10)11-9-4(2)6(7)8/h6H,3H2,1-2H3/b9-4+. The quantitative estimate of drug-likeness (QED) is 0.301. The minimum Gasteiger partial charge on any atom is -0.318 e. The van der Waals surface area contributed by atoms with E-state index in [2.05, 4.69) is 9.99 Å². The molecule has 0 aromatic carbocycles. The van der Waals surface area contributed by atoms with Gasteiger partial charge in [0.25, 0.3) is 0 Å². The first-order valence-corrected chi connectivity index (χ1v) is 3.97. The van der Waals surface area contributed by atoms with E-state index in [0.29, 0.717) is 5.71 Å². The topological polar surface area (TPSA) is 38.7 Å². The Balaban J connectivity index is 3.82. The molecule has 0 aliphatic carbocycles. The molecule has 0 aliphatic heterocycles. The van der Waals surface area contributed by atoms with E-state index in [9.17, 15) is 4.79 Å². The molecule has 0 saturated carbocycles. The van der Waals surface area contributed by atoms with Crippen LogP contribution in [0.4, 0.5) is 0 Å². The van der Waals surface area contributed by atoms with Crippen molar-refractivity contribution in [2.75, 3.05) is 0 Å². The fraction of sp³-hybridized carbons (Fsp3) is 0.667. The van der Waals surface area contributed by atoms with E-state index in [1.807, 2.05) is 0 Å². The molecule has 0 aromatic rings. The lowest BCUT2D eigenvalue weighted by Gasteiger charge is -1.98. The number of alkyl halides is 2. The Kier molecular flexibility index (Phi) is 5.24. The molecule has 0 aliphatic rings. The van der Waals surface area contributed by atoms with Crippen LogP contribution in [0.15, 0.2) is 5.16 Å². The number of carbonyl (C=O) groups excluding carboxylic acids is 1. The fourth-order valence-electron chi connectivity index (χ4n) is 0.227. The molecule has 0 saturated heterocycles. The monoisotopic (exact) mass is 197 g/mol. The molecule has 0 N–H and O–H groups in total. The van der Waals surface area contributed by atoms with Gasteiger partial charge in [-0.1, -0.05) is 35.3 Å². The highest BCUT2D eigenvalue weighted by molar-refractivity contribution is 6.54. The highest BCUT2D eigenvalue weighted by Gasteiger charge is 2.04. The molecular weight excluding hydrogens is 189 g/mol. The smallest absolute Gasteiger partial charge is 0.318 e. The first kappa shape index (κ1) is 10.7. The number of halogens is 2. The van der Waals surface area contributed by atoms with E-state index in [0.717, 1.165) is 0 Å². The summed E-state index contributed by atoms with van der Waals surface area (Å²) in [4.78, 5) is 14.2. The van der Waals surface area contributed by atoms with E-state index in [4.69, 9.17) is 23.2 Å². The number of hydrogen-bond donors (Lipinski definition) is 0. The summed E-state index contributed by atoms with van der Waals surface area (Å²) in [6.07, 6.45) is 0.284. The molecule has 0 aromatic heterocycles. The van der Waals surface area contributed by atoms with Crippen molar-refractivity contribution in [2.45, 2.75) is 25.1 Å². The predicted octanol–water partition coefficient (Wildman–Crippen LogP) is 2.12. The van der Waals surface area contributed by atoms with E-state index in [1.165, 1.54) is 0 Å². The van der Waals surface area contributed by atoms with Crippen LogP contribution in [0.2, 0.25) is 0 Å². The maximum absolute atomic E-state index is 10.5. The molecule has 0 amide bonds. The summed E-state index contributed by atoms with van der Waals surface area (Å²) in [5, 5.41) is 3.40.